The standard InChI is InChI=1S/C21H21ClN4O3/c22-18-7-5-16(6-8-18)20-24-19(29-25-20)13-23-21(27)17-3-1-15(2-4-17)14-26-9-11-28-12-10-26/h1-8H,9-14H2,(H,23,27). The molecule has 3 aromatic rings. The summed E-state index contributed by atoms with van der Waals surface area (Å²) in [7, 11) is 0. The fourth-order valence-electron chi connectivity index (χ4n) is 3.08. The Balaban J connectivity index is 1.31. The van der Waals surface area contributed by atoms with E-state index < -0.39 is 0 Å². The zero-order chi connectivity index (χ0) is 20.1. The normalized spacial score (nSPS) is 14.7. The van der Waals surface area contributed by atoms with Gasteiger partial charge in [-0.3, -0.25) is 9.69 Å². The predicted octanol–water partition coefficient (Wildman–Crippen LogP) is 3.15. The van der Waals surface area contributed by atoms with Crippen molar-refractivity contribution in [1.29, 1.82) is 0 Å². The summed E-state index contributed by atoms with van der Waals surface area (Å²) in [5, 5.41) is 7.39. The van der Waals surface area contributed by atoms with Gasteiger partial charge >= 0.3 is 0 Å². The van der Waals surface area contributed by atoms with E-state index in [0.717, 1.165) is 38.4 Å². The minimum atomic E-state index is -0.186. The van der Waals surface area contributed by atoms with Crippen LogP contribution in [0.1, 0.15) is 21.8 Å². The number of hydrogen-bond acceptors (Lipinski definition) is 6. The second-order valence-electron chi connectivity index (χ2n) is 6.79. The van der Waals surface area contributed by atoms with Crippen LogP contribution in [0.3, 0.4) is 0 Å². The Hall–Kier alpha value is -2.74. The van der Waals surface area contributed by atoms with E-state index in [1.807, 2.05) is 36.4 Å². The van der Waals surface area contributed by atoms with Crippen LogP contribution in [-0.2, 0) is 17.8 Å². The number of ether oxygens (including phenoxy) is 1. The summed E-state index contributed by atoms with van der Waals surface area (Å²) in [6, 6.07) is 14.8. The molecule has 0 unspecified atom stereocenters. The van der Waals surface area contributed by atoms with E-state index in [2.05, 4.69) is 20.4 Å². The summed E-state index contributed by atoms with van der Waals surface area (Å²) < 4.78 is 10.6. The minimum absolute atomic E-state index is 0.162. The Morgan fingerprint density at radius 3 is 2.52 bits per heavy atom. The number of rotatable bonds is 6. The van der Waals surface area contributed by atoms with Crippen LogP contribution in [0.2, 0.25) is 5.02 Å². The van der Waals surface area contributed by atoms with Gasteiger partial charge in [0.15, 0.2) is 0 Å². The molecule has 0 radical (unpaired) electrons. The van der Waals surface area contributed by atoms with Crippen LogP contribution in [0.25, 0.3) is 11.4 Å². The summed E-state index contributed by atoms with van der Waals surface area (Å²) in [5.41, 5.74) is 2.56. The number of carbonyl (C=O) groups excluding carboxylic acids is 1. The third-order valence-electron chi connectivity index (χ3n) is 4.70. The van der Waals surface area contributed by atoms with Gasteiger partial charge in [-0.05, 0) is 42.0 Å². The van der Waals surface area contributed by atoms with Crippen LogP contribution in [0.15, 0.2) is 53.1 Å². The van der Waals surface area contributed by atoms with E-state index >= 15 is 0 Å². The molecule has 1 saturated heterocycles. The number of hydrogen-bond donors (Lipinski definition) is 1. The van der Waals surface area contributed by atoms with Gasteiger partial charge in [-0.1, -0.05) is 28.9 Å². The Morgan fingerprint density at radius 2 is 1.79 bits per heavy atom. The number of aromatic nitrogens is 2. The molecular weight excluding hydrogens is 392 g/mol. The van der Waals surface area contributed by atoms with Crippen molar-refractivity contribution in [1.82, 2.24) is 20.4 Å². The van der Waals surface area contributed by atoms with Gasteiger partial charge in [0, 0.05) is 35.8 Å². The lowest BCUT2D eigenvalue weighted by Gasteiger charge is -2.26. The molecule has 150 valence electrons. The molecule has 0 spiro atoms. The molecule has 2 heterocycles. The molecule has 1 aliphatic rings. The van der Waals surface area contributed by atoms with Gasteiger partial charge in [0.1, 0.15) is 0 Å². The van der Waals surface area contributed by atoms with Crippen LogP contribution >= 0.6 is 11.6 Å². The molecule has 1 aromatic heterocycles. The third kappa shape index (κ3) is 5.20. The molecule has 2 aromatic carbocycles. The second kappa shape index (κ2) is 9.17. The molecule has 1 aliphatic heterocycles. The quantitative estimate of drug-likeness (QED) is 0.669. The van der Waals surface area contributed by atoms with Gasteiger partial charge in [0.05, 0.1) is 19.8 Å². The van der Waals surface area contributed by atoms with Crippen molar-refractivity contribution in [3.05, 3.63) is 70.6 Å². The largest absolute Gasteiger partial charge is 0.379 e. The molecule has 7 nitrogen and oxygen atoms in total. The van der Waals surface area contributed by atoms with Crippen molar-refractivity contribution >= 4 is 17.5 Å². The highest BCUT2D eigenvalue weighted by Gasteiger charge is 2.13. The number of carbonyl (C=O) groups is 1. The van der Waals surface area contributed by atoms with Crippen molar-refractivity contribution in [3.8, 4) is 11.4 Å². The summed E-state index contributed by atoms with van der Waals surface area (Å²) in [5.74, 6) is 0.611. The lowest BCUT2D eigenvalue weighted by atomic mass is 10.1. The van der Waals surface area contributed by atoms with E-state index in [-0.39, 0.29) is 12.5 Å². The zero-order valence-electron chi connectivity index (χ0n) is 15.8. The van der Waals surface area contributed by atoms with Gasteiger partial charge in [-0.2, -0.15) is 4.98 Å². The summed E-state index contributed by atoms with van der Waals surface area (Å²) in [4.78, 5) is 19.0. The van der Waals surface area contributed by atoms with E-state index in [1.165, 1.54) is 5.56 Å². The number of nitrogens with zero attached hydrogens (tertiary/aromatic N) is 3. The van der Waals surface area contributed by atoms with Crippen molar-refractivity contribution in [2.45, 2.75) is 13.1 Å². The summed E-state index contributed by atoms with van der Waals surface area (Å²) in [6.07, 6.45) is 0. The smallest absolute Gasteiger partial charge is 0.251 e. The topological polar surface area (TPSA) is 80.5 Å². The first-order valence-electron chi connectivity index (χ1n) is 9.43. The first-order chi connectivity index (χ1) is 14.2. The first kappa shape index (κ1) is 19.6. The van der Waals surface area contributed by atoms with Gasteiger partial charge in [0.25, 0.3) is 5.91 Å². The summed E-state index contributed by atoms with van der Waals surface area (Å²) >= 11 is 5.89. The van der Waals surface area contributed by atoms with Crippen LogP contribution in [0, 0.1) is 0 Å². The van der Waals surface area contributed by atoms with Gasteiger partial charge in [-0.15, -0.1) is 0 Å². The molecule has 4 rings (SSSR count). The Kier molecular flexibility index (Phi) is 6.19. The minimum Gasteiger partial charge on any atom is -0.379 e. The number of benzene rings is 2. The number of nitrogens with one attached hydrogen (secondary N) is 1. The molecule has 0 saturated carbocycles. The van der Waals surface area contributed by atoms with Crippen molar-refractivity contribution in [2.24, 2.45) is 0 Å². The lowest BCUT2D eigenvalue weighted by molar-refractivity contribution is 0.0342. The highest BCUT2D eigenvalue weighted by atomic mass is 35.5. The SMILES string of the molecule is O=C(NCc1nc(-c2ccc(Cl)cc2)no1)c1ccc(CN2CCOCC2)cc1. The van der Waals surface area contributed by atoms with Crippen LogP contribution < -0.4 is 5.32 Å². The maximum atomic E-state index is 12.4. The van der Waals surface area contributed by atoms with Gasteiger partial charge in [-0.25, -0.2) is 0 Å². The molecule has 0 bridgehead atoms. The molecule has 1 fully saturated rings. The molecule has 1 N–H and O–H groups in total. The Bertz CT molecular complexity index is 951. The second-order valence-corrected chi connectivity index (χ2v) is 7.22. The fourth-order valence-corrected chi connectivity index (χ4v) is 3.21. The van der Waals surface area contributed by atoms with Crippen LogP contribution in [0.5, 0.6) is 0 Å². The molecule has 8 heteroatoms. The van der Waals surface area contributed by atoms with Crippen LogP contribution in [-0.4, -0.2) is 47.3 Å². The van der Waals surface area contributed by atoms with E-state index in [0.29, 0.717) is 22.3 Å². The molecule has 0 aliphatic carbocycles. The first-order valence-corrected chi connectivity index (χ1v) is 9.81. The summed E-state index contributed by atoms with van der Waals surface area (Å²) in [6.45, 7) is 4.44. The van der Waals surface area contributed by atoms with Crippen molar-refractivity contribution in [2.75, 3.05) is 26.3 Å². The van der Waals surface area contributed by atoms with E-state index in [4.69, 9.17) is 20.9 Å². The number of morpholine rings is 1. The average molecular weight is 413 g/mol. The van der Waals surface area contributed by atoms with Crippen molar-refractivity contribution in [3.63, 3.8) is 0 Å². The average Bonchev–Trinajstić information content (AvgIpc) is 3.23. The van der Waals surface area contributed by atoms with Crippen molar-refractivity contribution < 1.29 is 14.1 Å². The van der Waals surface area contributed by atoms with Gasteiger partial charge < -0.3 is 14.6 Å². The molecule has 1 amide bonds. The zero-order valence-corrected chi connectivity index (χ0v) is 16.6. The molecule has 0 atom stereocenters. The Morgan fingerprint density at radius 1 is 1.07 bits per heavy atom. The third-order valence-corrected chi connectivity index (χ3v) is 4.95. The van der Waals surface area contributed by atoms with Gasteiger partial charge in [0.2, 0.25) is 11.7 Å². The van der Waals surface area contributed by atoms with E-state index in [1.54, 1.807) is 12.1 Å². The highest BCUT2D eigenvalue weighted by Crippen LogP contribution is 2.18. The molecular formula is C21H21ClN4O3. The number of halogens is 1. The monoisotopic (exact) mass is 412 g/mol. The maximum absolute atomic E-state index is 12.4. The van der Waals surface area contributed by atoms with Crippen LogP contribution in [0.4, 0.5) is 0 Å². The highest BCUT2D eigenvalue weighted by molar-refractivity contribution is 6.30. The fraction of sp³-hybridized carbons (Fsp3) is 0.286. The van der Waals surface area contributed by atoms with E-state index in [9.17, 15) is 4.79 Å². The Labute approximate surface area is 173 Å². The predicted molar refractivity (Wildman–Crippen MR) is 108 cm³/mol. The maximum Gasteiger partial charge on any atom is 0.251 e. The number of amides is 1. The molecule has 29 heavy (non-hydrogen) atoms. The lowest BCUT2D eigenvalue weighted by Crippen LogP contribution is -2.35.